The Morgan fingerprint density at radius 2 is 1.68 bits per heavy atom. The van der Waals surface area contributed by atoms with Gasteiger partial charge in [0.15, 0.2) is 0 Å². The van der Waals surface area contributed by atoms with Gasteiger partial charge in [-0.15, -0.1) is 0 Å². The number of carbonyl (C=O) groups excluding carboxylic acids is 4. The first kappa shape index (κ1) is 23.0. The summed E-state index contributed by atoms with van der Waals surface area (Å²) in [6.07, 6.45) is 0.874. The average molecular weight is 467 g/mol. The zero-order valence-electron chi connectivity index (χ0n) is 18.5. The van der Waals surface area contributed by atoms with Gasteiger partial charge in [0, 0.05) is 43.7 Å². The van der Waals surface area contributed by atoms with E-state index >= 15 is 0 Å². The van der Waals surface area contributed by atoms with Crippen LogP contribution in [0.1, 0.15) is 37.7 Å². The molecule has 12 nitrogen and oxygen atoms in total. The van der Waals surface area contributed by atoms with Gasteiger partial charge < -0.3 is 26.6 Å². The number of hydrogen-bond acceptors (Lipinski definition) is 7. The van der Waals surface area contributed by atoms with Crippen LogP contribution in [-0.4, -0.2) is 46.7 Å². The average Bonchev–Trinajstić information content (AvgIpc) is 2.79. The van der Waals surface area contributed by atoms with Gasteiger partial charge in [-0.05, 0) is 37.1 Å². The van der Waals surface area contributed by atoms with Crippen LogP contribution in [0.4, 0.5) is 23.1 Å². The number of H-pyrrole nitrogens is 1. The molecule has 34 heavy (non-hydrogen) atoms. The number of rotatable bonds is 5. The topological polar surface area (TPSA) is 179 Å². The summed E-state index contributed by atoms with van der Waals surface area (Å²) in [5.41, 5.74) is 5.96. The van der Waals surface area contributed by atoms with Gasteiger partial charge in [-0.3, -0.25) is 29.0 Å². The number of piperidine rings is 1. The monoisotopic (exact) mass is 467 g/mol. The number of primary amides is 1. The largest absolute Gasteiger partial charge is 0.369 e. The molecule has 1 aromatic heterocycles. The number of fused-ring (bicyclic) bond motifs is 1. The number of hydrogen-bond donors (Lipinski definition) is 5. The van der Waals surface area contributed by atoms with Crippen LogP contribution in [0.25, 0.3) is 0 Å². The van der Waals surface area contributed by atoms with Crippen molar-refractivity contribution in [3.8, 4) is 0 Å². The molecule has 3 heterocycles. The van der Waals surface area contributed by atoms with E-state index < -0.39 is 23.3 Å². The van der Waals surface area contributed by atoms with Crippen molar-refractivity contribution in [3.05, 3.63) is 40.2 Å². The molecule has 12 heteroatoms. The first-order valence-corrected chi connectivity index (χ1v) is 10.9. The number of carbonyl (C=O) groups is 4. The van der Waals surface area contributed by atoms with E-state index in [1.807, 2.05) is 4.90 Å². The van der Waals surface area contributed by atoms with Crippen LogP contribution < -0.4 is 32.1 Å². The van der Waals surface area contributed by atoms with Crippen LogP contribution >= 0.6 is 0 Å². The number of nitrogens with two attached hydrogens (primary N) is 1. The van der Waals surface area contributed by atoms with Crippen LogP contribution in [0.5, 0.6) is 0 Å². The standard InChI is InChI=1S/C22H25N7O5/c1-11(30)24-13-2-4-14(5-3-13)25-20(33)15-10-16(31)26-19-17(15)21(34)28-22(27-19)29-8-6-12(7-9-29)18(23)32/h2-5,12,15H,6-10H2,1H3,(H2,23,32)(H,24,30)(H,25,33)(H2,26,27,28,31,34)/t15-/m1/s1. The maximum atomic E-state index is 13.0. The highest BCUT2D eigenvalue weighted by Gasteiger charge is 2.35. The van der Waals surface area contributed by atoms with Gasteiger partial charge in [0.2, 0.25) is 29.6 Å². The molecular weight excluding hydrogens is 442 g/mol. The Labute approximate surface area is 194 Å². The van der Waals surface area contributed by atoms with Crippen molar-refractivity contribution >= 4 is 46.8 Å². The maximum absolute atomic E-state index is 13.0. The molecule has 1 fully saturated rings. The van der Waals surface area contributed by atoms with Crippen LogP contribution in [0.2, 0.25) is 0 Å². The van der Waals surface area contributed by atoms with Crippen LogP contribution in [0.3, 0.4) is 0 Å². The van der Waals surface area contributed by atoms with Crippen molar-refractivity contribution in [1.29, 1.82) is 0 Å². The zero-order chi connectivity index (χ0) is 24.4. The van der Waals surface area contributed by atoms with Crippen LogP contribution in [0, 0.1) is 5.92 Å². The lowest BCUT2D eigenvalue weighted by molar-refractivity contribution is -0.123. The fourth-order valence-corrected chi connectivity index (χ4v) is 4.18. The summed E-state index contributed by atoms with van der Waals surface area (Å²) in [4.78, 5) is 69.7. The smallest absolute Gasteiger partial charge is 0.258 e. The van der Waals surface area contributed by atoms with Crippen molar-refractivity contribution in [2.24, 2.45) is 11.7 Å². The summed E-state index contributed by atoms with van der Waals surface area (Å²) in [7, 11) is 0. The van der Waals surface area contributed by atoms with E-state index in [0.717, 1.165) is 0 Å². The summed E-state index contributed by atoms with van der Waals surface area (Å²) < 4.78 is 0. The highest BCUT2D eigenvalue weighted by Crippen LogP contribution is 2.31. The van der Waals surface area contributed by atoms with Gasteiger partial charge in [0.05, 0.1) is 11.5 Å². The molecule has 1 aromatic carbocycles. The lowest BCUT2D eigenvalue weighted by Crippen LogP contribution is -2.41. The minimum absolute atomic E-state index is 0.0492. The first-order chi connectivity index (χ1) is 16.2. The molecule has 4 rings (SSSR count). The van der Waals surface area contributed by atoms with Crippen LogP contribution in [-0.2, 0) is 19.2 Å². The normalized spacial score (nSPS) is 18.0. The third-order valence-electron chi connectivity index (χ3n) is 5.92. The molecule has 178 valence electrons. The molecule has 0 saturated carbocycles. The Morgan fingerprint density at radius 1 is 1.06 bits per heavy atom. The molecule has 6 N–H and O–H groups in total. The molecule has 0 aliphatic carbocycles. The second-order valence-corrected chi connectivity index (χ2v) is 8.37. The second kappa shape index (κ2) is 9.33. The summed E-state index contributed by atoms with van der Waals surface area (Å²) in [6.45, 7) is 2.34. The van der Waals surface area contributed by atoms with E-state index in [1.54, 1.807) is 24.3 Å². The van der Waals surface area contributed by atoms with E-state index in [4.69, 9.17) is 5.73 Å². The maximum Gasteiger partial charge on any atom is 0.258 e. The lowest BCUT2D eigenvalue weighted by Gasteiger charge is -2.32. The van der Waals surface area contributed by atoms with Crippen LogP contribution in [0.15, 0.2) is 29.1 Å². The molecule has 0 spiro atoms. The molecule has 0 radical (unpaired) electrons. The number of anilines is 4. The first-order valence-electron chi connectivity index (χ1n) is 10.9. The highest BCUT2D eigenvalue weighted by atomic mass is 16.2. The van der Waals surface area contributed by atoms with E-state index in [9.17, 15) is 24.0 Å². The van der Waals surface area contributed by atoms with E-state index in [1.165, 1.54) is 6.92 Å². The molecule has 4 amide bonds. The molecule has 0 unspecified atom stereocenters. The molecule has 1 atom stereocenters. The van der Waals surface area contributed by atoms with E-state index in [2.05, 4.69) is 25.9 Å². The van der Waals surface area contributed by atoms with E-state index in [-0.39, 0.29) is 41.5 Å². The molecular formula is C22H25N7O5. The van der Waals surface area contributed by atoms with Gasteiger partial charge in [0.1, 0.15) is 5.82 Å². The van der Waals surface area contributed by atoms with Crippen molar-refractivity contribution in [2.45, 2.75) is 32.1 Å². The Balaban J connectivity index is 1.53. The van der Waals surface area contributed by atoms with E-state index in [0.29, 0.717) is 37.3 Å². The summed E-state index contributed by atoms with van der Waals surface area (Å²) in [5, 5.41) is 7.93. The fraction of sp³-hybridized carbons (Fsp3) is 0.364. The molecule has 2 aromatic rings. The number of aromatic amines is 1. The van der Waals surface area contributed by atoms with Crippen molar-refractivity contribution in [2.75, 3.05) is 33.9 Å². The predicted molar refractivity (Wildman–Crippen MR) is 124 cm³/mol. The quantitative estimate of drug-likeness (QED) is 0.424. The molecule has 0 bridgehead atoms. The Hall–Kier alpha value is -4.22. The lowest BCUT2D eigenvalue weighted by atomic mass is 9.92. The van der Waals surface area contributed by atoms with Crippen molar-refractivity contribution < 1.29 is 19.2 Å². The second-order valence-electron chi connectivity index (χ2n) is 8.37. The van der Waals surface area contributed by atoms with Gasteiger partial charge >= 0.3 is 0 Å². The predicted octanol–water partition coefficient (Wildman–Crippen LogP) is 0.495. The Bertz CT molecular complexity index is 1200. The third-order valence-corrected chi connectivity index (χ3v) is 5.92. The minimum atomic E-state index is -1.02. The van der Waals surface area contributed by atoms with Gasteiger partial charge in [-0.2, -0.15) is 4.98 Å². The Morgan fingerprint density at radius 3 is 2.26 bits per heavy atom. The number of nitrogens with one attached hydrogen (secondary N) is 4. The summed E-state index contributed by atoms with van der Waals surface area (Å²) >= 11 is 0. The molecule has 2 aliphatic heterocycles. The molecule has 1 saturated heterocycles. The molecule has 2 aliphatic rings. The van der Waals surface area contributed by atoms with Gasteiger partial charge in [-0.1, -0.05) is 0 Å². The van der Waals surface area contributed by atoms with Gasteiger partial charge in [0.25, 0.3) is 5.56 Å². The van der Waals surface area contributed by atoms with Crippen molar-refractivity contribution in [3.63, 3.8) is 0 Å². The summed E-state index contributed by atoms with van der Waals surface area (Å²) in [6, 6.07) is 6.46. The third kappa shape index (κ3) is 4.90. The Kier molecular flexibility index (Phi) is 6.30. The van der Waals surface area contributed by atoms with Crippen molar-refractivity contribution in [1.82, 2.24) is 9.97 Å². The number of aromatic nitrogens is 2. The fourth-order valence-electron chi connectivity index (χ4n) is 4.18. The van der Waals surface area contributed by atoms with Gasteiger partial charge in [-0.25, -0.2) is 0 Å². The highest BCUT2D eigenvalue weighted by molar-refractivity contribution is 6.04. The number of benzene rings is 1. The summed E-state index contributed by atoms with van der Waals surface area (Å²) in [5.74, 6) is -2.45. The minimum Gasteiger partial charge on any atom is -0.369 e. The number of nitrogens with zero attached hydrogens (tertiary/aromatic N) is 2. The zero-order valence-corrected chi connectivity index (χ0v) is 18.5. The SMILES string of the molecule is CC(=O)Nc1ccc(NC(=O)[C@@H]2CC(=O)Nc3nc(N4CCC(C(N)=O)CC4)[nH]c(=O)c32)cc1. The number of amides is 4.